The fourth-order valence-corrected chi connectivity index (χ4v) is 2.33. The van der Waals surface area contributed by atoms with Gasteiger partial charge < -0.3 is 16.0 Å². The average molecular weight is 227 g/mol. The Morgan fingerprint density at radius 2 is 2.19 bits per heavy atom. The third-order valence-corrected chi connectivity index (χ3v) is 3.47. The van der Waals surface area contributed by atoms with Gasteiger partial charge in [0.25, 0.3) is 0 Å². The van der Waals surface area contributed by atoms with Crippen LogP contribution < -0.4 is 11.1 Å². The molecule has 0 saturated carbocycles. The number of likely N-dealkylation sites (N-methyl/N-ethyl adjacent to an activating group) is 1. The Morgan fingerprint density at radius 1 is 1.50 bits per heavy atom. The summed E-state index contributed by atoms with van der Waals surface area (Å²) in [6.45, 7) is 6.07. The summed E-state index contributed by atoms with van der Waals surface area (Å²) >= 11 is 0. The predicted molar refractivity (Wildman–Crippen MR) is 66.1 cm³/mol. The van der Waals surface area contributed by atoms with Crippen molar-refractivity contribution < 1.29 is 4.79 Å². The lowest BCUT2D eigenvalue weighted by Gasteiger charge is -2.34. The molecule has 1 amide bonds. The molecule has 2 unspecified atom stereocenters. The van der Waals surface area contributed by atoms with E-state index in [4.69, 9.17) is 5.73 Å². The standard InChI is InChI=1S/C12H25N3O/c1-9(2)11(12(13)16)14-8-10-6-4-5-7-15(10)3/h9-11,14H,4-8H2,1-3H3,(H2,13,16). The fourth-order valence-electron chi connectivity index (χ4n) is 2.33. The SMILES string of the molecule is CC(C)C(NCC1CCCCN1C)C(N)=O. The smallest absolute Gasteiger partial charge is 0.234 e. The van der Waals surface area contributed by atoms with Gasteiger partial charge in [-0.3, -0.25) is 4.79 Å². The Hall–Kier alpha value is -0.610. The molecule has 0 radical (unpaired) electrons. The first kappa shape index (κ1) is 13.5. The van der Waals surface area contributed by atoms with Crippen LogP contribution in [0.4, 0.5) is 0 Å². The monoisotopic (exact) mass is 227 g/mol. The van der Waals surface area contributed by atoms with E-state index in [-0.39, 0.29) is 17.9 Å². The van der Waals surface area contributed by atoms with Crippen LogP contribution in [0.3, 0.4) is 0 Å². The second kappa shape index (κ2) is 6.21. The molecule has 0 aromatic carbocycles. The molecular weight excluding hydrogens is 202 g/mol. The molecule has 1 aliphatic heterocycles. The van der Waals surface area contributed by atoms with Crippen molar-refractivity contribution in [3.8, 4) is 0 Å². The molecule has 0 aromatic heterocycles. The van der Waals surface area contributed by atoms with E-state index < -0.39 is 0 Å². The van der Waals surface area contributed by atoms with Crippen LogP contribution in [0.2, 0.25) is 0 Å². The van der Waals surface area contributed by atoms with Gasteiger partial charge in [-0.1, -0.05) is 20.3 Å². The molecule has 1 rings (SSSR count). The van der Waals surface area contributed by atoms with Gasteiger partial charge in [-0.05, 0) is 32.4 Å². The number of primary amides is 1. The number of carbonyl (C=O) groups is 1. The number of amides is 1. The molecule has 94 valence electrons. The molecule has 0 bridgehead atoms. The maximum atomic E-state index is 11.2. The van der Waals surface area contributed by atoms with E-state index in [0.29, 0.717) is 6.04 Å². The summed E-state index contributed by atoms with van der Waals surface area (Å²) in [6, 6.07) is 0.352. The highest BCUT2D eigenvalue weighted by Crippen LogP contribution is 2.14. The summed E-state index contributed by atoms with van der Waals surface area (Å²) in [6.07, 6.45) is 3.79. The molecule has 3 N–H and O–H groups in total. The lowest BCUT2D eigenvalue weighted by atomic mass is 10.0. The number of hydrogen-bond donors (Lipinski definition) is 2. The van der Waals surface area contributed by atoms with E-state index in [1.165, 1.54) is 19.3 Å². The zero-order valence-electron chi connectivity index (χ0n) is 10.7. The summed E-state index contributed by atoms with van der Waals surface area (Å²) in [4.78, 5) is 13.6. The second-order valence-electron chi connectivity index (χ2n) is 5.16. The summed E-state index contributed by atoms with van der Waals surface area (Å²) < 4.78 is 0. The number of rotatable bonds is 5. The van der Waals surface area contributed by atoms with Crippen molar-refractivity contribution in [2.24, 2.45) is 11.7 Å². The first-order valence-corrected chi connectivity index (χ1v) is 6.25. The Morgan fingerprint density at radius 3 is 2.69 bits per heavy atom. The van der Waals surface area contributed by atoms with Crippen LogP contribution in [0.5, 0.6) is 0 Å². The maximum absolute atomic E-state index is 11.2. The number of likely N-dealkylation sites (tertiary alicyclic amines) is 1. The molecule has 0 aliphatic carbocycles. The lowest BCUT2D eigenvalue weighted by molar-refractivity contribution is -0.121. The highest BCUT2D eigenvalue weighted by atomic mass is 16.1. The van der Waals surface area contributed by atoms with Crippen molar-refractivity contribution in [1.29, 1.82) is 0 Å². The molecule has 1 saturated heterocycles. The third kappa shape index (κ3) is 3.76. The van der Waals surface area contributed by atoms with E-state index in [2.05, 4.69) is 17.3 Å². The topological polar surface area (TPSA) is 58.4 Å². The van der Waals surface area contributed by atoms with Gasteiger partial charge >= 0.3 is 0 Å². The minimum atomic E-state index is -0.242. The lowest BCUT2D eigenvalue weighted by Crippen LogP contribution is -2.51. The molecule has 2 atom stereocenters. The second-order valence-corrected chi connectivity index (χ2v) is 5.16. The van der Waals surface area contributed by atoms with Gasteiger partial charge in [0.1, 0.15) is 0 Å². The summed E-state index contributed by atoms with van der Waals surface area (Å²) in [7, 11) is 2.15. The van der Waals surface area contributed by atoms with Crippen LogP contribution in [0.1, 0.15) is 33.1 Å². The first-order chi connectivity index (χ1) is 7.52. The van der Waals surface area contributed by atoms with E-state index in [0.717, 1.165) is 13.1 Å². The number of carbonyl (C=O) groups excluding carboxylic acids is 1. The van der Waals surface area contributed by atoms with Crippen molar-refractivity contribution in [3.05, 3.63) is 0 Å². The van der Waals surface area contributed by atoms with Crippen molar-refractivity contribution >= 4 is 5.91 Å². The van der Waals surface area contributed by atoms with E-state index in [1.807, 2.05) is 13.8 Å². The minimum absolute atomic E-state index is 0.199. The van der Waals surface area contributed by atoms with Crippen LogP contribution in [-0.4, -0.2) is 43.0 Å². The Kier molecular flexibility index (Phi) is 5.22. The number of nitrogens with two attached hydrogens (primary N) is 1. The van der Waals surface area contributed by atoms with Crippen LogP contribution in [0, 0.1) is 5.92 Å². The maximum Gasteiger partial charge on any atom is 0.234 e. The summed E-state index contributed by atoms with van der Waals surface area (Å²) in [5, 5.41) is 3.30. The highest BCUT2D eigenvalue weighted by molar-refractivity contribution is 5.80. The zero-order chi connectivity index (χ0) is 12.1. The van der Waals surface area contributed by atoms with E-state index >= 15 is 0 Å². The van der Waals surface area contributed by atoms with Crippen LogP contribution in [0.15, 0.2) is 0 Å². The van der Waals surface area contributed by atoms with Gasteiger partial charge in [-0.2, -0.15) is 0 Å². The number of piperidine rings is 1. The van der Waals surface area contributed by atoms with Crippen molar-refractivity contribution in [2.75, 3.05) is 20.1 Å². The number of nitrogens with one attached hydrogen (secondary N) is 1. The number of hydrogen-bond acceptors (Lipinski definition) is 3. The normalized spacial score (nSPS) is 24.6. The highest BCUT2D eigenvalue weighted by Gasteiger charge is 2.23. The van der Waals surface area contributed by atoms with Crippen molar-refractivity contribution in [3.63, 3.8) is 0 Å². The molecule has 1 aliphatic rings. The zero-order valence-corrected chi connectivity index (χ0v) is 10.7. The van der Waals surface area contributed by atoms with Crippen LogP contribution in [-0.2, 0) is 4.79 Å². The van der Waals surface area contributed by atoms with Gasteiger partial charge in [-0.15, -0.1) is 0 Å². The molecule has 1 fully saturated rings. The van der Waals surface area contributed by atoms with E-state index in [1.54, 1.807) is 0 Å². The average Bonchev–Trinajstić information content (AvgIpc) is 2.20. The molecule has 1 heterocycles. The van der Waals surface area contributed by atoms with Gasteiger partial charge in [0, 0.05) is 12.6 Å². The fraction of sp³-hybridized carbons (Fsp3) is 0.917. The third-order valence-electron chi connectivity index (χ3n) is 3.47. The Balaban J connectivity index is 2.39. The summed E-state index contributed by atoms with van der Waals surface area (Å²) in [5.74, 6) is 0.0138. The Bertz CT molecular complexity index is 230. The van der Waals surface area contributed by atoms with Gasteiger partial charge in [0.15, 0.2) is 0 Å². The first-order valence-electron chi connectivity index (χ1n) is 6.25. The van der Waals surface area contributed by atoms with Gasteiger partial charge in [-0.25, -0.2) is 0 Å². The molecule has 0 spiro atoms. The Labute approximate surface area is 98.6 Å². The molecule has 4 heteroatoms. The van der Waals surface area contributed by atoms with Gasteiger partial charge in [0.2, 0.25) is 5.91 Å². The molecule has 4 nitrogen and oxygen atoms in total. The largest absolute Gasteiger partial charge is 0.368 e. The molecule has 16 heavy (non-hydrogen) atoms. The van der Waals surface area contributed by atoms with Crippen molar-refractivity contribution in [2.45, 2.75) is 45.2 Å². The molecular formula is C12H25N3O. The summed E-state index contributed by atoms with van der Waals surface area (Å²) in [5.41, 5.74) is 5.37. The minimum Gasteiger partial charge on any atom is -0.368 e. The quantitative estimate of drug-likeness (QED) is 0.722. The van der Waals surface area contributed by atoms with Crippen LogP contribution in [0.25, 0.3) is 0 Å². The van der Waals surface area contributed by atoms with Gasteiger partial charge in [0.05, 0.1) is 6.04 Å². The number of nitrogens with zero attached hydrogens (tertiary/aromatic N) is 1. The molecule has 0 aromatic rings. The van der Waals surface area contributed by atoms with Crippen molar-refractivity contribution in [1.82, 2.24) is 10.2 Å². The van der Waals surface area contributed by atoms with Crippen LogP contribution >= 0.6 is 0 Å². The van der Waals surface area contributed by atoms with E-state index in [9.17, 15) is 4.79 Å². The predicted octanol–water partition coefficient (Wildman–Crippen LogP) is 0.570.